The van der Waals surface area contributed by atoms with Crippen molar-refractivity contribution < 1.29 is 19.1 Å². The first kappa shape index (κ1) is 16.6. The number of nitrogens with zero attached hydrogens (tertiary/aromatic N) is 1. The van der Waals surface area contributed by atoms with Gasteiger partial charge in [-0.2, -0.15) is 5.26 Å². The molecule has 2 aromatic rings. The van der Waals surface area contributed by atoms with E-state index in [4.69, 9.17) is 19.5 Å². The summed E-state index contributed by atoms with van der Waals surface area (Å²) in [7, 11) is 0. The quantitative estimate of drug-likeness (QED) is 0.816. The Morgan fingerprint density at radius 1 is 1.48 bits per heavy atom. The van der Waals surface area contributed by atoms with Gasteiger partial charge in [-0.25, -0.2) is 0 Å². The molecule has 1 amide bonds. The van der Waals surface area contributed by atoms with Crippen LogP contribution in [-0.2, 0) is 6.61 Å². The van der Waals surface area contributed by atoms with Gasteiger partial charge in [0.1, 0.15) is 12.4 Å². The number of ether oxygens (including phenoxy) is 1. The van der Waals surface area contributed by atoms with Crippen LogP contribution in [0.1, 0.15) is 28.6 Å². The molecule has 0 aliphatic rings. The van der Waals surface area contributed by atoms with Crippen molar-refractivity contribution in [3.05, 3.63) is 53.5 Å². The van der Waals surface area contributed by atoms with E-state index in [9.17, 15) is 4.79 Å². The molecule has 2 rings (SSSR count). The van der Waals surface area contributed by atoms with E-state index < -0.39 is 0 Å². The molecule has 0 aliphatic carbocycles. The lowest BCUT2D eigenvalue weighted by atomic mass is 10.2. The number of nitriles is 1. The number of hydrogen-bond donors (Lipinski definition) is 2. The molecule has 23 heavy (non-hydrogen) atoms. The van der Waals surface area contributed by atoms with Crippen molar-refractivity contribution in [3.63, 3.8) is 0 Å². The molecule has 0 bridgehead atoms. The molecule has 1 heterocycles. The van der Waals surface area contributed by atoms with Crippen molar-refractivity contribution in [3.8, 4) is 11.8 Å². The lowest BCUT2D eigenvalue weighted by molar-refractivity contribution is 0.0911. The summed E-state index contributed by atoms with van der Waals surface area (Å²) < 4.78 is 10.8. The van der Waals surface area contributed by atoms with Gasteiger partial charge in [0.2, 0.25) is 0 Å². The molecule has 6 nitrogen and oxygen atoms in total. The smallest absolute Gasteiger partial charge is 0.287 e. The van der Waals surface area contributed by atoms with Gasteiger partial charge in [0.25, 0.3) is 5.91 Å². The highest BCUT2D eigenvalue weighted by Crippen LogP contribution is 2.17. The van der Waals surface area contributed by atoms with E-state index >= 15 is 0 Å². The summed E-state index contributed by atoms with van der Waals surface area (Å²) in [6, 6.07) is 10.5. The zero-order chi connectivity index (χ0) is 16.7. The van der Waals surface area contributed by atoms with E-state index in [1.807, 2.05) is 13.0 Å². The van der Waals surface area contributed by atoms with Gasteiger partial charge >= 0.3 is 0 Å². The van der Waals surface area contributed by atoms with Gasteiger partial charge in [-0.3, -0.25) is 4.79 Å². The number of benzene rings is 1. The summed E-state index contributed by atoms with van der Waals surface area (Å²) in [6.45, 7) is 2.35. The minimum absolute atomic E-state index is 0.00361. The molecule has 1 unspecified atom stereocenters. The minimum Gasteiger partial charge on any atom is -0.489 e. The van der Waals surface area contributed by atoms with Crippen LogP contribution in [0.3, 0.4) is 0 Å². The van der Waals surface area contributed by atoms with Gasteiger partial charge in [0.05, 0.1) is 17.9 Å². The molecule has 2 N–H and O–H groups in total. The van der Waals surface area contributed by atoms with E-state index in [0.717, 1.165) is 0 Å². The maximum Gasteiger partial charge on any atom is 0.287 e. The molecule has 1 atom stereocenters. The van der Waals surface area contributed by atoms with Gasteiger partial charge < -0.3 is 19.6 Å². The molecule has 0 fully saturated rings. The number of furan rings is 1. The average Bonchev–Trinajstić information content (AvgIpc) is 3.06. The first-order valence-electron chi connectivity index (χ1n) is 7.22. The van der Waals surface area contributed by atoms with Gasteiger partial charge in [-0.15, -0.1) is 0 Å². The molecular formula is C17H18N2O4. The number of aliphatic hydroxyl groups is 1. The standard InChI is InChI=1S/C17H18N2O4/c1-12(10-20)9-19-17(21)16-14(5-6-22-16)11-23-15-4-2-3-13(7-15)8-18/h2-7,12,20H,9-11H2,1H3,(H,19,21). The predicted molar refractivity (Wildman–Crippen MR) is 82.8 cm³/mol. The van der Waals surface area contributed by atoms with E-state index in [1.165, 1.54) is 6.26 Å². The molecule has 120 valence electrons. The fourth-order valence-electron chi connectivity index (χ4n) is 1.88. The van der Waals surface area contributed by atoms with Crippen LogP contribution in [0, 0.1) is 17.2 Å². The highest BCUT2D eigenvalue weighted by Gasteiger charge is 2.16. The largest absolute Gasteiger partial charge is 0.489 e. The number of carbonyl (C=O) groups excluding carboxylic acids is 1. The number of carbonyl (C=O) groups is 1. The second kappa shape index (κ2) is 8.01. The zero-order valence-corrected chi connectivity index (χ0v) is 12.8. The van der Waals surface area contributed by atoms with E-state index in [2.05, 4.69) is 5.32 Å². The second-order valence-electron chi connectivity index (χ2n) is 5.20. The van der Waals surface area contributed by atoms with Crippen LogP contribution in [0.25, 0.3) is 0 Å². The van der Waals surface area contributed by atoms with E-state index in [-0.39, 0.29) is 30.8 Å². The highest BCUT2D eigenvalue weighted by atomic mass is 16.5. The molecular weight excluding hydrogens is 296 g/mol. The maximum absolute atomic E-state index is 12.1. The average molecular weight is 314 g/mol. The molecule has 0 saturated carbocycles. The molecule has 0 saturated heterocycles. The van der Waals surface area contributed by atoms with Gasteiger partial charge in [0.15, 0.2) is 5.76 Å². The first-order chi connectivity index (χ1) is 11.1. The summed E-state index contributed by atoms with van der Waals surface area (Å²) in [5.74, 6) is 0.360. The van der Waals surface area contributed by atoms with Gasteiger partial charge in [0, 0.05) is 18.7 Å². The molecule has 0 radical (unpaired) electrons. The minimum atomic E-state index is -0.348. The number of amides is 1. The monoisotopic (exact) mass is 314 g/mol. The fraction of sp³-hybridized carbons (Fsp3) is 0.294. The van der Waals surface area contributed by atoms with Gasteiger partial charge in [-0.1, -0.05) is 13.0 Å². The van der Waals surface area contributed by atoms with E-state index in [0.29, 0.717) is 23.4 Å². The fourth-order valence-corrected chi connectivity index (χ4v) is 1.88. The number of aliphatic hydroxyl groups excluding tert-OH is 1. The maximum atomic E-state index is 12.1. The van der Waals surface area contributed by atoms with Crippen molar-refractivity contribution in [2.24, 2.45) is 5.92 Å². The predicted octanol–water partition coefficient (Wildman–Crippen LogP) is 2.09. The first-order valence-corrected chi connectivity index (χ1v) is 7.22. The highest BCUT2D eigenvalue weighted by molar-refractivity contribution is 5.92. The lowest BCUT2D eigenvalue weighted by Gasteiger charge is -2.10. The van der Waals surface area contributed by atoms with E-state index in [1.54, 1.807) is 30.3 Å². The van der Waals surface area contributed by atoms with Crippen molar-refractivity contribution in [2.45, 2.75) is 13.5 Å². The lowest BCUT2D eigenvalue weighted by Crippen LogP contribution is -2.29. The van der Waals surface area contributed by atoms with Crippen molar-refractivity contribution in [2.75, 3.05) is 13.2 Å². The second-order valence-corrected chi connectivity index (χ2v) is 5.20. The van der Waals surface area contributed by atoms with Crippen LogP contribution in [0.5, 0.6) is 5.75 Å². The topological polar surface area (TPSA) is 95.5 Å². The Hall–Kier alpha value is -2.78. The Balaban J connectivity index is 1.98. The molecule has 0 aliphatic heterocycles. The third-order valence-corrected chi connectivity index (χ3v) is 3.23. The summed E-state index contributed by atoms with van der Waals surface area (Å²) in [5, 5.41) is 20.5. The Morgan fingerprint density at radius 2 is 2.30 bits per heavy atom. The third-order valence-electron chi connectivity index (χ3n) is 3.23. The van der Waals surface area contributed by atoms with Crippen LogP contribution in [-0.4, -0.2) is 24.2 Å². The third kappa shape index (κ3) is 4.59. The summed E-state index contributed by atoms with van der Waals surface area (Å²) >= 11 is 0. The Bertz CT molecular complexity index is 703. The van der Waals surface area contributed by atoms with Crippen molar-refractivity contribution >= 4 is 5.91 Å². The van der Waals surface area contributed by atoms with Crippen LogP contribution in [0.4, 0.5) is 0 Å². The van der Waals surface area contributed by atoms with Crippen LogP contribution in [0.2, 0.25) is 0 Å². The zero-order valence-electron chi connectivity index (χ0n) is 12.8. The SMILES string of the molecule is CC(CO)CNC(=O)c1occc1COc1cccc(C#N)c1. The molecule has 0 spiro atoms. The van der Waals surface area contributed by atoms with Crippen molar-refractivity contribution in [1.82, 2.24) is 5.32 Å². The summed E-state index contributed by atoms with van der Waals surface area (Å²) in [6.07, 6.45) is 1.43. The number of hydrogen-bond acceptors (Lipinski definition) is 5. The van der Waals surface area contributed by atoms with Crippen LogP contribution >= 0.6 is 0 Å². The number of rotatable bonds is 7. The molecule has 1 aromatic heterocycles. The summed E-state index contributed by atoms with van der Waals surface area (Å²) in [4.78, 5) is 12.1. The Morgan fingerprint density at radius 3 is 3.04 bits per heavy atom. The normalized spacial score (nSPS) is 11.5. The van der Waals surface area contributed by atoms with Crippen LogP contribution in [0.15, 0.2) is 41.0 Å². The Labute approximate surface area is 134 Å². The van der Waals surface area contributed by atoms with Crippen LogP contribution < -0.4 is 10.1 Å². The Kier molecular flexibility index (Phi) is 5.78. The molecule has 6 heteroatoms. The summed E-state index contributed by atoms with van der Waals surface area (Å²) in [5.41, 5.74) is 1.12. The van der Waals surface area contributed by atoms with Gasteiger partial charge in [-0.05, 0) is 30.2 Å². The molecule has 1 aromatic carbocycles. The van der Waals surface area contributed by atoms with Crippen molar-refractivity contribution in [1.29, 1.82) is 5.26 Å². The number of nitrogens with one attached hydrogen (secondary N) is 1.